The van der Waals surface area contributed by atoms with Crippen molar-refractivity contribution >= 4 is 0 Å². The fraction of sp³-hybridized carbons (Fsp3) is 1.00. The molecule has 88 valence electrons. The van der Waals surface area contributed by atoms with Gasteiger partial charge in [-0.05, 0) is 31.7 Å². The number of nitrogens with one attached hydrogen (secondary N) is 1. The lowest BCUT2D eigenvalue weighted by Gasteiger charge is -2.39. The zero-order chi connectivity index (χ0) is 10.5. The van der Waals surface area contributed by atoms with Gasteiger partial charge in [-0.3, -0.25) is 0 Å². The number of nitrogens with zero attached hydrogens (tertiary/aromatic N) is 1. The molecular weight excluding hydrogens is 184 g/mol. The molecule has 0 spiro atoms. The highest BCUT2D eigenvalue weighted by atomic mass is 15.2. The average Bonchev–Trinajstić information content (AvgIpc) is 2.31. The van der Waals surface area contributed by atoms with Crippen molar-refractivity contribution in [3.05, 3.63) is 0 Å². The van der Waals surface area contributed by atoms with Gasteiger partial charge >= 0.3 is 0 Å². The molecular formula is C13H26N2. The first-order chi connectivity index (χ1) is 7.40. The Kier molecular flexibility index (Phi) is 4.45. The van der Waals surface area contributed by atoms with Crippen LogP contribution >= 0.6 is 0 Å². The highest BCUT2D eigenvalue weighted by Crippen LogP contribution is 2.27. The Hall–Kier alpha value is -0.0800. The van der Waals surface area contributed by atoms with Crippen LogP contribution in [0.4, 0.5) is 0 Å². The molecule has 2 fully saturated rings. The molecule has 1 heterocycles. The minimum atomic E-state index is 0.797. The average molecular weight is 210 g/mol. The van der Waals surface area contributed by atoms with Gasteiger partial charge in [0.1, 0.15) is 0 Å². The van der Waals surface area contributed by atoms with Crippen molar-refractivity contribution in [1.29, 1.82) is 0 Å². The smallest absolute Gasteiger partial charge is 0.0223 e. The summed E-state index contributed by atoms with van der Waals surface area (Å²) < 4.78 is 0. The molecule has 1 unspecified atom stereocenters. The number of hydrogen-bond donors (Lipinski definition) is 1. The van der Waals surface area contributed by atoms with E-state index >= 15 is 0 Å². The first-order valence-electron chi connectivity index (χ1n) is 6.86. The molecule has 0 radical (unpaired) electrons. The van der Waals surface area contributed by atoms with Gasteiger partial charge in [-0.15, -0.1) is 0 Å². The van der Waals surface area contributed by atoms with Gasteiger partial charge in [0.2, 0.25) is 0 Å². The van der Waals surface area contributed by atoms with Crippen molar-refractivity contribution in [2.75, 3.05) is 26.2 Å². The minimum absolute atomic E-state index is 0.797. The summed E-state index contributed by atoms with van der Waals surface area (Å²) in [7, 11) is 0. The predicted octanol–water partition coefficient (Wildman–Crippen LogP) is 2.25. The van der Waals surface area contributed by atoms with Gasteiger partial charge < -0.3 is 10.2 Å². The van der Waals surface area contributed by atoms with Crippen LogP contribution in [0, 0.1) is 5.92 Å². The Morgan fingerprint density at radius 1 is 1.20 bits per heavy atom. The highest BCUT2D eigenvalue weighted by molar-refractivity contribution is 4.85. The molecule has 1 atom stereocenters. The van der Waals surface area contributed by atoms with Crippen LogP contribution in [0.3, 0.4) is 0 Å². The zero-order valence-electron chi connectivity index (χ0n) is 10.2. The summed E-state index contributed by atoms with van der Waals surface area (Å²) in [6.45, 7) is 7.36. The molecule has 0 aromatic carbocycles. The maximum Gasteiger partial charge on any atom is 0.0223 e. The third kappa shape index (κ3) is 3.18. The predicted molar refractivity (Wildman–Crippen MR) is 65.1 cm³/mol. The zero-order valence-corrected chi connectivity index (χ0v) is 10.2. The van der Waals surface area contributed by atoms with Gasteiger partial charge in [0.05, 0.1) is 0 Å². The van der Waals surface area contributed by atoms with Crippen LogP contribution < -0.4 is 5.32 Å². The summed E-state index contributed by atoms with van der Waals surface area (Å²) in [5.74, 6) is 0.971. The van der Waals surface area contributed by atoms with Crippen LogP contribution in [0.5, 0.6) is 0 Å². The Morgan fingerprint density at radius 3 is 2.73 bits per heavy atom. The maximum absolute atomic E-state index is 3.74. The van der Waals surface area contributed by atoms with Gasteiger partial charge in [0, 0.05) is 25.7 Å². The number of piperazine rings is 1. The van der Waals surface area contributed by atoms with Crippen LogP contribution in [-0.2, 0) is 0 Å². The number of hydrogen-bond acceptors (Lipinski definition) is 2. The Morgan fingerprint density at radius 2 is 2.00 bits per heavy atom. The summed E-state index contributed by atoms with van der Waals surface area (Å²) in [6.07, 6.45) is 8.65. The monoisotopic (exact) mass is 210 g/mol. The molecule has 1 N–H and O–H groups in total. The fourth-order valence-electron chi connectivity index (χ4n) is 3.21. The normalized spacial score (nSPS) is 30.6. The summed E-state index contributed by atoms with van der Waals surface area (Å²) in [5.41, 5.74) is 0. The number of rotatable bonds is 3. The van der Waals surface area contributed by atoms with E-state index in [1.54, 1.807) is 0 Å². The largest absolute Gasteiger partial charge is 0.311 e. The van der Waals surface area contributed by atoms with Gasteiger partial charge in [-0.2, -0.15) is 0 Å². The van der Waals surface area contributed by atoms with E-state index in [9.17, 15) is 0 Å². The second-order valence-corrected chi connectivity index (χ2v) is 5.26. The van der Waals surface area contributed by atoms with E-state index < -0.39 is 0 Å². The molecule has 0 bridgehead atoms. The summed E-state index contributed by atoms with van der Waals surface area (Å²) >= 11 is 0. The summed E-state index contributed by atoms with van der Waals surface area (Å²) in [5, 5.41) is 3.74. The van der Waals surface area contributed by atoms with E-state index in [4.69, 9.17) is 0 Å². The quantitative estimate of drug-likeness (QED) is 0.768. The van der Waals surface area contributed by atoms with Crippen LogP contribution in [0.15, 0.2) is 0 Å². The van der Waals surface area contributed by atoms with Gasteiger partial charge in [0.15, 0.2) is 0 Å². The second kappa shape index (κ2) is 5.86. The Labute approximate surface area is 94.4 Å². The summed E-state index contributed by atoms with van der Waals surface area (Å²) in [4.78, 5) is 2.65. The van der Waals surface area contributed by atoms with Crippen LogP contribution in [0.1, 0.15) is 45.4 Å². The lowest BCUT2D eigenvalue weighted by atomic mass is 9.83. The molecule has 1 aliphatic carbocycles. The van der Waals surface area contributed by atoms with Crippen molar-refractivity contribution < 1.29 is 0 Å². The Bertz CT molecular complexity index is 173. The fourth-order valence-corrected chi connectivity index (χ4v) is 3.21. The molecule has 1 aliphatic heterocycles. The van der Waals surface area contributed by atoms with E-state index in [2.05, 4.69) is 17.1 Å². The maximum atomic E-state index is 3.74. The van der Waals surface area contributed by atoms with E-state index in [0.717, 1.165) is 12.0 Å². The molecule has 1 saturated heterocycles. The highest BCUT2D eigenvalue weighted by Gasteiger charge is 2.27. The molecule has 0 aromatic heterocycles. The van der Waals surface area contributed by atoms with Gasteiger partial charge in [-0.25, -0.2) is 0 Å². The molecule has 2 aliphatic rings. The van der Waals surface area contributed by atoms with Crippen molar-refractivity contribution in [2.24, 2.45) is 5.92 Å². The third-order valence-corrected chi connectivity index (χ3v) is 4.05. The van der Waals surface area contributed by atoms with Crippen LogP contribution in [-0.4, -0.2) is 37.1 Å². The SMILES string of the molecule is CCCN1CCNC(C2CCCCC2)C1. The second-order valence-electron chi connectivity index (χ2n) is 5.26. The van der Waals surface area contributed by atoms with E-state index in [0.29, 0.717) is 0 Å². The standard InChI is InChI=1S/C13H26N2/c1-2-9-15-10-8-14-13(11-15)12-6-4-3-5-7-12/h12-14H,2-11H2,1H3. The van der Waals surface area contributed by atoms with Gasteiger partial charge in [-0.1, -0.05) is 26.2 Å². The molecule has 2 nitrogen and oxygen atoms in total. The third-order valence-electron chi connectivity index (χ3n) is 4.05. The lowest BCUT2D eigenvalue weighted by Crippen LogP contribution is -2.54. The molecule has 15 heavy (non-hydrogen) atoms. The topological polar surface area (TPSA) is 15.3 Å². The van der Waals surface area contributed by atoms with E-state index in [1.165, 1.54) is 64.7 Å². The van der Waals surface area contributed by atoms with Crippen molar-refractivity contribution in [1.82, 2.24) is 10.2 Å². The van der Waals surface area contributed by atoms with Crippen molar-refractivity contribution in [2.45, 2.75) is 51.5 Å². The van der Waals surface area contributed by atoms with Crippen molar-refractivity contribution in [3.8, 4) is 0 Å². The van der Waals surface area contributed by atoms with Gasteiger partial charge in [0.25, 0.3) is 0 Å². The molecule has 1 saturated carbocycles. The van der Waals surface area contributed by atoms with Crippen LogP contribution in [0.2, 0.25) is 0 Å². The van der Waals surface area contributed by atoms with E-state index in [1.807, 2.05) is 0 Å². The first-order valence-corrected chi connectivity index (χ1v) is 6.86. The minimum Gasteiger partial charge on any atom is -0.311 e. The Balaban J connectivity index is 1.80. The first kappa shape index (κ1) is 11.4. The van der Waals surface area contributed by atoms with Crippen molar-refractivity contribution in [3.63, 3.8) is 0 Å². The molecule has 0 aromatic rings. The molecule has 2 rings (SSSR count). The lowest BCUT2D eigenvalue weighted by molar-refractivity contribution is 0.146. The van der Waals surface area contributed by atoms with E-state index in [-0.39, 0.29) is 0 Å². The summed E-state index contributed by atoms with van der Waals surface area (Å²) in [6, 6.07) is 0.797. The molecule has 0 amide bonds. The van der Waals surface area contributed by atoms with Crippen LogP contribution in [0.25, 0.3) is 0 Å². The molecule has 2 heteroatoms.